The fraction of sp³-hybridized carbons (Fsp3) is 0.109. The molecule has 5 aromatic rings. The lowest BCUT2D eigenvalue weighted by atomic mass is 9.88. The molecule has 5 aromatic carbocycles. The second-order valence-corrected chi connectivity index (χ2v) is 17.9. The topological polar surface area (TPSA) is 270 Å². The molecule has 2 heterocycles. The van der Waals surface area contributed by atoms with E-state index in [4.69, 9.17) is 37.4 Å². The van der Waals surface area contributed by atoms with Crippen molar-refractivity contribution in [2.75, 3.05) is 11.9 Å². The zero-order valence-corrected chi connectivity index (χ0v) is 40.3. The number of hydrogen-bond acceptors (Lipinski definition) is 11. The number of halogens is 2. The Kier molecular flexibility index (Phi) is 13.0. The zero-order chi connectivity index (χ0) is 52.2. The van der Waals surface area contributed by atoms with E-state index in [1.165, 1.54) is 60.7 Å². The van der Waals surface area contributed by atoms with E-state index >= 15 is 0 Å². The lowest BCUT2D eigenvalue weighted by Crippen LogP contribution is -2.27. The fourth-order valence-electron chi connectivity index (χ4n) is 8.92. The van der Waals surface area contributed by atoms with Crippen molar-refractivity contribution in [3.05, 3.63) is 179 Å². The molecule has 2 aliphatic carbocycles. The van der Waals surface area contributed by atoms with Gasteiger partial charge in [-0.3, -0.25) is 14.4 Å². The molecular weight excluding hydrogens is 980 g/mol. The number of carbonyl (C=O) groups excluding carboxylic acids is 2. The Labute approximate surface area is 423 Å². The van der Waals surface area contributed by atoms with Crippen molar-refractivity contribution in [1.82, 2.24) is 10.6 Å². The summed E-state index contributed by atoms with van der Waals surface area (Å²) in [5.41, 5.74) is 3.29. The number of benzene rings is 7. The maximum absolute atomic E-state index is 13.8. The molecule has 0 aromatic heterocycles. The summed E-state index contributed by atoms with van der Waals surface area (Å²) in [7, 11) is 0. The van der Waals surface area contributed by atoms with Gasteiger partial charge in [-0.2, -0.15) is 0 Å². The minimum atomic E-state index is -1.44. The molecule has 0 saturated carbocycles. The normalized spacial score (nSPS) is 11.3. The lowest BCUT2D eigenvalue weighted by Gasteiger charge is -2.21. The highest BCUT2D eigenvalue weighted by Crippen LogP contribution is 2.48. The number of phenolic OH excluding ortho intramolecular Hbond substituents is 1. The second kappa shape index (κ2) is 19.3. The molecule has 2 aliphatic heterocycles. The van der Waals surface area contributed by atoms with Crippen LogP contribution >= 0.6 is 23.2 Å². The quantitative estimate of drug-likeness (QED) is 0.0500. The van der Waals surface area contributed by atoms with Gasteiger partial charge in [0.1, 0.15) is 28.4 Å². The van der Waals surface area contributed by atoms with Crippen LogP contribution in [0, 0.1) is 19.3 Å². The van der Waals surface area contributed by atoms with Crippen LogP contribution in [-0.2, 0) is 13.1 Å². The fourth-order valence-corrected chi connectivity index (χ4v) is 9.53. The van der Waals surface area contributed by atoms with Gasteiger partial charge in [-0.1, -0.05) is 41.4 Å². The maximum atomic E-state index is 13.8. The molecule has 4 aliphatic rings. The molecule has 8 N–H and O–H groups in total. The number of aryl methyl sites for hydroxylation is 2. The van der Waals surface area contributed by atoms with Gasteiger partial charge in [0.25, 0.3) is 11.8 Å². The van der Waals surface area contributed by atoms with Crippen LogP contribution in [0.2, 0.25) is 10.0 Å². The smallest absolute Gasteiger partial charge is 0.337 e. The number of rotatable bonds is 13. The zero-order valence-electron chi connectivity index (χ0n) is 38.7. The number of aromatic carboxylic acids is 3. The molecule has 73 heavy (non-hydrogen) atoms. The molecule has 366 valence electrons. The van der Waals surface area contributed by atoms with E-state index < -0.39 is 40.7 Å². The summed E-state index contributed by atoms with van der Waals surface area (Å²) in [5.74, 6) is -5.41. The third-order valence-corrected chi connectivity index (χ3v) is 13.2. The highest BCUT2D eigenvalue weighted by Gasteiger charge is 2.31. The van der Waals surface area contributed by atoms with Crippen LogP contribution in [0.1, 0.15) is 81.0 Å². The highest BCUT2D eigenvalue weighted by molar-refractivity contribution is 6.41. The number of phenols is 1. The summed E-state index contributed by atoms with van der Waals surface area (Å²) in [4.78, 5) is 78.2. The number of hydrogen-bond donors (Lipinski definition) is 8. The van der Waals surface area contributed by atoms with Crippen LogP contribution in [0.3, 0.4) is 0 Å². The first-order chi connectivity index (χ1) is 34.8. The highest BCUT2D eigenvalue weighted by atomic mass is 35.5. The van der Waals surface area contributed by atoms with Crippen LogP contribution in [0.25, 0.3) is 66.8 Å². The summed E-state index contributed by atoms with van der Waals surface area (Å²) in [6.07, 6.45) is 0. The van der Waals surface area contributed by atoms with Crippen molar-refractivity contribution >= 4 is 80.6 Å². The number of nitrogens with one attached hydrogen (secondary N) is 4. The monoisotopic (exact) mass is 1020 g/mol. The number of carbonyl (C=O) groups is 5. The van der Waals surface area contributed by atoms with E-state index in [-0.39, 0.29) is 95.7 Å². The molecule has 9 rings (SSSR count). The van der Waals surface area contributed by atoms with Crippen molar-refractivity contribution < 1.29 is 53.2 Å². The van der Waals surface area contributed by atoms with Gasteiger partial charge in [0, 0.05) is 81.1 Å². The lowest BCUT2D eigenvalue weighted by molar-refractivity contribution is 0.0682. The van der Waals surface area contributed by atoms with Crippen molar-refractivity contribution in [2.45, 2.75) is 33.9 Å². The third kappa shape index (κ3) is 9.05. The molecule has 0 bridgehead atoms. The molecule has 0 unspecified atom stereocenters. The van der Waals surface area contributed by atoms with Gasteiger partial charge in [-0.25, -0.2) is 14.4 Å². The Morgan fingerprint density at radius 2 is 1.33 bits per heavy atom. The van der Waals surface area contributed by atoms with Gasteiger partial charge in [0.2, 0.25) is 0 Å². The number of fused-ring (bicyclic) bond motifs is 4. The van der Waals surface area contributed by atoms with E-state index in [9.17, 15) is 49.2 Å². The molecule has 2 amide bonds. The van der Waals surface area contributed by atoms with Gasteiger partial charge in [0.05, 0.1) is 49.8 Å². The first-order valence-corrected chi connectivity index (χ1v) is 23.1. The molecule has 0 atom stereocenters. The van der Waals surface area contributed by atoms with Gasteiger partial charge in [-0.15, -0.1) is 0 Å². The Morgan fingerprint density at radius 1 is 0.630 bits per heavy atom. The van der Waals surface area contributed by atoms with E-state index in [0.717, 1.165) is 17.3 Å². The van der Waals surface area contributed by atoms with Gasteiger partial charge >= 0.3 is 17.9 Å². The van der Waals surface area contributed by atoms with Crippen LogP contribution in [0.4, 0.5) is 5.69 Å². The summed E-state index contributed by atoms with van der Waals surface area (Å²) in [6, 6.07) is 24.8. The number of amides is 2. The molecule has 0 radical (unpaired) electrons. The minimum absolute atomic E-state index is 0.000948. The largest absolute Gasteiger partial charge is 0.508 e. The second-order valence-electron chi connectivity index (χ2n) is 17.1. The van der Waals surface area contributed by atoms with Crippen LogP contribution < -0.4 is 26.7 Å². The Hall–Kier alpha value is -8.99. The molecule has 0 spiro atoms. The van der Waals surface area contributed by atoms with Crippen molar-refractivity contribution in [2.24, 2.45) is 0 Å². The summed E-state index contributed by atoms with van der Waals surface area (Å²) in [6.45, 7) is 5.79. The van der Waals surface area contributed by atoms with Crippen LogP contribution in [0.5, 0.6) is 5.75 Å². The van der Waals surface area contributed by atoms with E-state index in [0.29, 0.717) is 50.9 Å². The number of carboxylic acids is 3. The summed E-state index contributed by atoms with van der Waals surface area (Å²) < 4.78 is 12.5. The van der Waals surface area contributed by atoms with E-state index in [1.54, 1.807) is 37.3 Å². The third-order valence-electron chi connectivity index (χ3n) is 12.5. The van der Waals surface area contributed by atoms with Crippen molar-refractivity contribution in [3.8, 4) is 50.7 Å². The molecule has 0 saturated heterocycles. The van der Waals surface area contributed by atoms with Crippen molar-refractivity contribution in [1.29, 1.82) is 5.41 Å². The predicted octanol–water partition coefficient (Wildman–Crippen LogP) is 10.6. The van der Waals surface area contributed by atoms with E-state index in [1.807, 2.05) is 19.9 Å². The molecule has 0 fully saturated rings. The average molecular weight is 1020 g/mol. The van der Waals surface area contributed by atoms with Crippen LogP contribution in [-0.4, -0.2) is 56.7 Å². The molecular formula is C55H40Cl2N4O12. The number of aromatic hydroxyl groups is 1. The standard InChI is InChI=1S/C55H40Cl2N4O12/c1-4-59-40-21-44-35(16-25(40)3)46(34-15-24(2)39(58)20-43(34)72-44)47-38(56)19-36(49(57)48(47)55(70)71)52(65)60-22-26-5-7-27(8-6-26)51(64)61-23-37-41(63)14-13-32-45(31-12-10-29(62)18-42(31)73-50(32)37)30-11-9-28(53(66)67)17-33(30)54(68)69/h5-21,58-59,62H,4,22-23H2,1-3H3,(H,60,65)(H,61,64)(H,66,67)(H,68,69)(H,70,71). The van der Waals surface area contributed by atoms with Gasteiger partial charge in [0.15, 0.2) is 5.43 Å². The maximum Gasteiger partial charge on any atom is 0.337 e. The average Bonchev–Trinajstić information content (AvgIpc) is 3.35. The number of carboxylic acid groups (broad SMARTS) is 3. The molecule has 16 nitrogen and oxygen atoms in total. The van der Waals surface area contributed by atoms with E-state index in [2.05, 4.69) is 16.0 Å². The van der Waals surface area contributed by atoms with Gasteiger partial charge < -0.3 is 50.6 Å². The van der Waals surface area contributed by atoms with Crippen LogP contribution in [0.15, 0.2) is 117 Å². The summed E-state index contributed by atoms with van der Waals surface area (Å²) in [5, 5.41) is 58.6. The Morgan fingerprint density at radius 3 is 2.03 bits per heavy atom. The van der Waals surface area contributed by atoms with Crippen molar-refractivity contribution in [3.63, 3.8) is 0 Å². The minimum Gasteiger partial charge on any atom is -0.508 e. The summed E-state index contributed by atoms with van der Waals surface area (Å²) >= 11 is 13.8. The Balaban J connectivity index is 0.968. The number of anilines is 1. The molecule has 18 heteroatoms. The first kappa shape index (κ1) is 49.0. The Bertz CT molecular complexity index is 3900. The SMILES string of the molecule is CCNc1cc2oc3cc(=N)c(C)cc-3c(-c3c(Cl)cc(C(=O)NCc4ccc(C(=O)NCc5c6oc7cc(O)ccc7c(-c7ccc(C(=O)O)cc7C(=O)O)c-6ccc5=O)cc4)c(Cl)c3C(=O)O)c2cc1C. The first-order valence-electron chi connectivity index (χ1n) is 22.4. The van der Waals surface area contributed by atoms with Gasteiger partial charge in [-0.05, 0) is 110 Å². The predicted molar refractivity (Wildman–Crippen MR) is 274 cm³/mol.